The molecule has 4 saturated carbocycles. The lowest BCUT2D eigenvalue weighted by atomic mass is 9.53. The first-order valence-electron chi connectivity index (χ1n) is 9.33. The van der Waals surface area contributed by atoms with E-state index in [9.17, 15) is 4.79 Å². The minimum Gasteiger partial charge on any atom is -0.345 e. The molecular weight excluding hydrogens is 369 g/mol. The van der Waals surface area contributed by atoms with Gasteiger partial charge in [-0.05, 0) is 80.5 Å². The van der Waals surface area contributed by atoms with Crippen LogP contribution in [0, 0.1) is 17.8 Å². The van der Waals surface area contributed by atoms with Crippen LogP contribution in [0.5, 0.6) is 0 Å². The predicted octanol–water partition coefficient (Wildman–Crippen LogP) is 5.08. The van der Waals surface area contributed by atoms with Gasteiger partial charge in [-0.1, -0.05) is 23.2 Å². The summed E-state index contributed by atoms with van der Waals surface area (Å²) in [6, 6.07) is 7.04. The summed E-state index contributed by atoms with van der Waals surface area (Å²) in [5.41, 5.74) is 1.90. The lowest BCUT2D eigenvalue weighted by Crippen LogP contribution is -2.59. The van der Waals surface area contributed by atoms with Gasteiger partial charge in [0.1, 0.15) is 5.69 Å². The Morgan fingerprint density at radius 2 is 1.73 bits per heavy atom. The second kappa shape index (κ2) is 6.00. The van der Waals surface area contributed by atoms with Crippen molar-refractivity contribution < 1.29 is 4.79 Å². The van der Waals surface area contributed by atoms with Crippen molar-refractivity contribution >= 4 is 29.1 Å². The van der Waals surface area contributed by atoms with Gasteiger partial charge in [0.25, 0.3) is 5.91 Å². The molecule has 4 fully saturated rings. The minimum absolute atomic E-state index is 0.00494. The topological polar surface area (TPSA) is 57.8 Å². The molecule has 0 unspecified atom stereocenters. The molecule has 136 valence electrons. The van der Waals surface area contributed by atoms with Crippen LogP contribution in [0.15, 0.2) is 24.3 Å². The van der Waals surface area contributed by atoms with Crippen molar-refractivity contribution in [3.8, 4) is 11.3 Å². The van der Waals surface area contributed by atoms with Gasteiger partial charge >= 0.3 is 0 Å². The maximum absolute atomic E-state index is 12.9. The van der Waals surface area contributed by atoms with Crippen molar-refractivity contribution in [3.05, 3.63) is 40.0 Å². The van der Waals surface area contributed by atoms with E-state index in [0.29, 0.717) is 21.4 Å². The Bertz CT molecular complexity index is 840. The Morgan fingerprint density at radius 1 is 1.08 bits per heavy atom. The zero-order chi connectivity index (χ0) is 17.9. The number of halogens is 2. The molecule has 0 aliphatic heterocycles. The first-order valence-corrected chi connectivity index (χ1v) is 10.1. The summed E-state index contributed by atoms with van der Waals surface area (Å²) in [4.78, 5) is 12.9. The fraction of sp³-hybridized carbons (Fsp3) is 0.500. The van der Waals surface area contributed by atoms with Gasteiger partial charge in [-0.15, -0.1) is 0 Å². The second-order valence-electron chi connectivity index (χ2n) is 8.44. The van der Waals surface area contributed by atoms with E-state index in [1.807, 2.05) is 6.07 Å². The molecule has 0 spiro atoms. The van der Waals surface area contributed by atoms with Crippen LogP contribution in [0.4, 0.5) is 0 Å². The fourth-order valence-corrected chi connectivity index (χ4v) is 6.35. The third-order valence-electron chi connectivity index (χ3n) is 6.45. The Hall–Kier alpha value is -1.52. The van der Waals surface area contributed by atoms with Crippen LogP contribution in [0.2, 0.25) is 10.0 Å². The maximum Gasteiger partial charge on any atom is 0.269 e. The first-order chi connectivity index (χ1) is 12.5. The molecule has 4 bridgehead atoms. The summed E-state index contributed by atoms with van der Waals surface area (Å²) in [6.45, 7) is 0. The van der Waals surface area contributed by atoms with Crippen LogP contribution < -0.4 is 5.32 Å². The van der Waals surface area contributed by atoms with Gasteiger partial charge in [0, 0.05) is 16.1 Å². The van der Waals surface area contributed by atoms with Gasteiger partial charge in [-0.25, -0.2) is 0 Å². The van der Waals surface area contributed by atoms with Crippen molar-refractivity contribution in [3.63, 3.8) is 0 Å². The lowest BCUT2D eigenvalue weighted by Gasteiger charge is -2.56. The molecule has 2 N–H and O–H groups in total. The molecule has 1 heterocycles. The Labute approximate surface area is 162 Å². The molecule has 6 heteroatoms. The number of carbonyl (C=O) groups excluding carboxylic acids is 1. The zero-order valence-corrected chi connectivity index (χ0v) is 15.9. The summed E-state index contributed by atoms with van der Waals surface area (Å²) in [5.74, 6) is 2.33. The van der Waals surface area contributed by atoms with Crippen LogP contribution in [0.3, 0.4) is 0 Å². The Balaban J connectivity index is 1.36. The Kier molecular flexibility index (Phi) is 3.84. The first kappa shape index (κ1) is 16.6. The van der Waals surface area contributed by atoms with Crippen LogP contribution in [0.25, 0.3) is 11.3 Å². The zero-order valence-electron chi connectivity index (χ0n) is 14.4. The highest BCUT2D eigenvalue weighted by Crippen LogP contribution is 2.55. The number of rotatable bonds is 3. The summed E-state index contributed by atoms with van der Waals surface area (Å²) in [5, 5.41) is 11.6. The number of H-pyrrole nitrogens is 1. The third-order valence-corrected chi connectivity index (χ3v) is 6.99. The van der Waals surface area contributed by atoms with Gasteiger partial charge in [-0.3, -0.25) is 9.89 Å². The van der Waals surface area contributed by atoms with E-state index in [0.717, 1.165) is 42.6 Å². The molecular formula is C20H21Cl2N3O. The molecule has 0 radical (unpaired) electrons. The number of hydrogen-bond acceptors (Lipinski definition) is 2. The standard InChI is InChI=1S/C20H21Cl2N3O/c21-14-1-2-15(16(22)6-14)17-7-18(25-24-17)19(26)23-20-8-11-3-12(9-20)5-13(4-11)10-20/h1-2,6-7,11-13H,3-5,8-10H2,(H,23,26)(H,24,25). The molecule has 0 atom stereocenters. The highest BCUT2D eigenvalue weighted by atomic mass is 35.5. The maximum atomic E-state index is 12.9. The van der Waals surface area contributed by atoms with Crippen LogP contribution in [-0.4, -0.2) is 21.6 Å². The van der Waals surface area contributed by atoms with E-state index >= 15 is 0 Å². The van der Waals surface area contributed by atoms with Crippen LogP contribution in [-0.2, 0) is 0 Å². The summed E-state index contributed by atoms with van der Waals surface area (Å²) in [6.07, 6.45) is 7.48. The molecule has 1 aromatic carbocycles. The van der Waals surface area contributed by atoms with Crippen LogP contribution in [0.1, 0.15) is 49.0 Å². The summed E-state index contributed by atoms with van der Waals surface area (Å²) >= 11 is 12.2. The largest absolute Gasteiger partial charge is 0.345 e. The third kappa shape index (κ3) is 2.84. The van der Waals surface area contributed by atoms with Crippen molar-refractivity contribution in [2.24, 2.45) is 17.8 Å². The number of amides is 1. The second-order valence-corrected chi connectivity index (χ2v) is 9.29. The smallest absolute Gasteiger partial charge is 0.269 e. The number of nitrogens with zero attached hydrogens (tertiary/aromatic N) is 1. The van der Waals surface area contributed by atoms with E-state index in [1.54, 1.807) is 18.2 Å². The van der Waals surface area contributed by atoms with Crippen molar-refractivity contribution in [1.29, 1.82) is 0 Å². The fourth-order valence-electron chi connectivity index (χ4n) is 5.85. The number of carbonyl (C=O) groups is 1. The SMILES string of the molecule is O=C(NC12CC3CC(CC(C3)C1)C2)c1cc(-c2ccc(Cl)cc2Cl)n[nH]1. The van der Waals surface area contributed by atoms with Crippen molar-refractivity contribution in [2.75, 3.05) is 0 Å². The van der Waals surface area contributed by atoms with Gasteiger partial charge < -0.3 is 5.32 Å². The van der Waals surface area contributed by atoms with Gasteiger partial charge in [0.2, 0.25) is 0 Å². The molecule has 4 aliphatic carbocycles. The van der Waals surface area contributed by atoms with Crippen LogP contribution >= 0.6 is 23.2 Å². The monoisotopic (exact) mass is 389 g/mol. The van der Waals surface area contributed by atoms with E-state index in [2.05, 4.69) is 15.5 Å². The van der Waals surface area contributed by atoms with Gasteiger partial charge in [0.15, 0.2) is 0 Å². The molecule has 1 aromatic heterocycles. The molecule has 26 heavy (non-hydrogen) atoms. The average molecular weight is 390 g/mol. The van der Waals surface area contributed by atoms with E-state index in [-0.39, 0.29) is 11.4 Å². The molecule has 6 rings (SSSR count). The van der Waals surface area contributed by atoms with Gasteiger partial charge in [-0.2, -0.15) is 5.10 Å². The Morgan fingerprint density at radius 3 is 2.35 bits per heavy atom. The molecule has 1 amide bonds. The van der Waals surface area contributed by atoms with E-state index < -0.39 is 0 Å². The highest BCUT2D eigenvalue weighted by Gasteiger charge is 2.51. The summed E-state index contributed by atoms with van der Waals surface area (Å²) in [7, 11) is 0. The van der Waals surface area contributed by atoms with E-state index in [1.165, 1.54) is 19.3 Å². The quantitative estimate of drug-likeness (QED) is 0.768. The number of nitrogens with one attached hydrogen (secondary N) is 2. The predicted molar refractivity (Wildman–Crippen MR) is 102 cm³/mol. The number of aromatic nitrogens is 2. The number of aromatic amines is 1. The number of benzene rings is 1. The normalized spacial score (nSPS) is 32.0. The number of hydrogen-bond donors (Lipinski definition) is 2. The summed E-state index contributed by atoms with van der Waals surface area (Å²) < 4.78 is 0. The highest BCUT2D eigenvalue weighted by molar-refractivity contribution is 6.36. The minimum atomic E-state index is -0.0595. The molecule has 4 aliphatic rings. The lowest BCUT2D eigenvalue weighted by molar-refractivity contribution is -0.0167. The van der Waals surface area contributed by atoms with Crippen molar-refractivity contribution in [1.82, 2.24) is 15.5 Å². The molecule has 0 saturated heterocycles. The molecule has 2 aromatic rings. The van der Waals surface area contributed by atoms with E-state index in [4.69, 9.17) is 23.2 Å². The van der Waals surface area contributed by atoms with Crippen molar-refractivity contribution in [2.45, 2.75) is 44.1 Å². The average Bonchev–Trinajstić information content (AvgIpc) is 3.03. The molecule has 4 nitrogen and oxygen atoms in total. The van der Waals surface area contributed by atoms with Gasteiger partial charge in [0.05, 0.1) is 10.7 Å².